The van der Waals surface area contributed by atoms with Crippen LogP contribution in [0.5, 0.6) is 0 Å². The van der Waals surface area contributed by atoms with Crippen LogP contribution in [0, 0.1) is 5.92 Å². The highest BCUT2D eigenvalue weighted by Gasteiger charge is 2.28. The SMILES string of the molecule is CNN=C(c1sccc1Br)C1CCN(C(=O)O)CC1. The van der Waals surface area contributed by atoms with Crippen LogP contribution in [0.15, 0.2) is 21.0 Å². The maximum Gasteiger partial charge on any atom is 0.407 e. The second-order valence-corrected chi connectivity index (χ2v) is 6.13. The van der Waals surface area contributed by atoms with E-state index in [0.29, 0.717) is 19.0 Å². The Kier molecular flexibility index (Phi) is 4.81. The van der Waals surface area contributed by atoms with Crippen molar-refractivity contribution in [3.63, 3.8) is 0 Å². The van der Waals surface area contributed by atoms with Gasteiger partial charge in [0.1, 0.15) is 0 Å². The Morgan fingerprint density at radius 1 is 1.58 bits per heavy atom. The lowest BCUT2D eigenvalue weighted by atomic mass is 9.91. The number of nitrogens with zero attached hydrogens (tertiary/aromatic N) is 2. The predicted molar refractivity (Wildman–Crippen MR) is 79.9 cm³/mol. The van der Waals surface area contributed by atoms with E-state index in [0.717, 1.165) is 27.9 Å². The van der Waals surface area contributed by atoms with Crippen LogP contribution in [-0.4, -0.2) is 41.9 Å². The normalized spacial score (nSPS) is 17.6. The zero-order chi connectivity index (χ0) is 13.8. The molecule has 0 atom stereocenters. The van der Waals surface area contributed by atoms with Crippen molar-refractivity contribution in [1.29, 1.82) is 0 Å². The number of carbonyl (C=O) groups is 1. The van der Waals surface area contributed by atoms with E-state index in [1.54, 1.807) is 18.4 Å². The van der Waals surface area contributed by atoms with Crippen LogP contribution in [0.4, 0.5) is 4.79 Å². The molecule has 1 aromatic heterocycles. The van der Waals surface area contributed by atoms with Crippen molar-refractivity contribution in [2.45, 2.75) is 12.8 Å². The summed E-state index contributed by atoms with van der Waals surface area (Å²) >= 11 is 5.19. The van der Waals surface area contributed by atoms with Gasteiger partial charge in [-0.3, -0.25) is 0 Å². The molecule has 2 heterocycles. The van der Waals surface area contributed by atoms with E-state index >= 15 is 0 Å². The summed E-state index contributed by atoms with van der Waals surface area (Å²) in [6.45, 7) is 1.15. The minimum absolute atomic E-state index is 0.304. The molecule has 0 unspecified atom stereocenters. The second kappa shape index (κ2) is 6.38. The summed E-state index contributed by atoms with van der Waals surface area (Å²) in [5, 5.41) is 15.4. The number of nitrogens with one attached hydrogen (secondary N) is 1. The lowest BCUT2D eigenvalue weighted by Crippen LogP contribution is -2.39. The van der Waals surface area contributed by atoms with Crippen molar-refractivity contribution in [2.75, 3.05) is 20.1 Å². The number of halogens is 1. The van der Waals surface area contributed by atoms with E-state index < -0.39 is 6.09 Å². The Bertz CT molecular complexity index is 481. The fraction of sp³-hybridized carbons (Fsp3) is 0.500. The number of hydrogen-bond donors (Lipinski definition) is 2. The van der Waals surface area contributed by atoms with Gasteiger partial charge in [0.25, 0.3) is 0 Å². The molecule has 0 radical (unpaired) electrons. The molecule has 1 fully saturated rings. The van der Waals surface area contributed by atoms with Gasteiger partial charge in [0.2, 0.25) is 0 Å². The largest absolute Gasteiger partial charge is 0.465 e. The van der Waals surface area contributed by atoms with Gasteiger partial charge >= 0.3 is 6.09 Å². The molecule has 0 aliphatic carbocycles. The summed E-state index contributed by atoms with van der Waals surface area (Å²) in [6.07, 6.45) is 0.803. The maximum absolute atomic E-state index is 10.9. The van der Waals surface area contributed by atoms with Crippen LogP contribution in [0.2, 0.25) is 0 Å². The van der Waals surface area contributed by atoms with E-state index in [4.69, 9.17) is 5.11 Å². The van der Waals surface area contributed by atoms with Crippen molar-refractivity contribution in [1.82, 2.24) is 10.3 Å². The number of hydrogen-bond acceptors (Lipinski definition) is 4. The smallest absolute Gasteiger partial charge is 0.407 e. The zero-order valence-electron chi connectivity index (χ0n) is 10.6. The predicted octanol–water partition coefficient (Wildman–Crippen LogP) is 2.82. The monoisotopic (exact) mass is 345 g/mol. The van der Waals surface area contributed by atoms with Crippen molar-refractivity contribution < 1.29 is 9.90 Å². The molecule has 5 nitrogen and oxygen atoms in total. The van der Waals surface area contributed by atoms with E-state index in [-0.39, 0.29) is 0 Å². The Morgan fingerprint density at radius 3 is 2.74 bits per heavy atom. The molecule has 0 bridgehead atoms. The van der Waals surface area contributed by atoms with Gasteiger partial charge in [-0.05, 0) is 40.2 Å². The first kappa shape index (κ1) is 14.3. The topological polar surface area (TPSA) is 64.9 Å². The van der Waals surface area contributed by atoms with Crippen molar-refractivity contribution >= 4 is 39.1 Å². The van der Waals surface area contributed by atoms with Gasteiger partial charge in [0.15, 0.2) is 0 Å². The minimum Gasteiger partial charge on any atom is -0.465 e. The van der Waals surface area contributed by atoms with Crippen LogP contribution in [0.1, 0.15) is 17.7 Å². The summed E-state index contributed by atoms with van der Waals surface area (Å²) in [6, 6.07) is 2.01. The van der Waals surface area contributed by atoms with Crippen molar-refractivity contribution in [2.24, 2.45) is 11.0 Å². The lowest BCUT2D eigenvalue weighted by molar-refractivity contribution is 0.131. The highest BCUT2D eigenvalue weighted by Crippen LogP contribution is 2.30. The molecule has 1 amide bonds. The number of likely N-dealkylation sites (tertiary alicyclic amines) is 1. The summed E-state index contributed by atoms with van der Waals surface area (Å²) in [4.78, 5) is 13.5. The number of piperidine rings is 1. The molecule has 0 aromatic carbocycles. The van der Waals surface area contributed by atoms with E-state index in [9.17, 15) is 4.79 Å². The van der Waals surface area contributed by atoms with E-state index in [1.165, 1.54) is 4.90 Å². The number of amides is 1. The van der Waals surface area contributed by atoms with Gasteiger partial charge in [0.05, 0.1) is 10.6 Å². The highest BCUT2D eigenvalue weighted by molar-refractivity contribution is 9.10. The molecule has 1 saturated heterocycles. The number of thiophene rings is 1. The molecule has 0 spiro atoms. The first-order valence-corrected chi connectivity index (χ1v) is 7.76. The van der Waals surface area contributed by atoms with Gasteiger partial charge in [-0.1, -0.05) is 0 Å². The molecule has 19 heavy (non-hydrogen) atoms. The number of hydrazone groups is 1. The first-order valence-electron chi connectivity index (χ1n) is 6.09. The zero-order valence-corrected chi connectivity index (χ0v) is 13.0. The van der Waals surface area contributed by atoms with E-state index in [2.05, 4.69) is 26.5 Å². The van der Waals surface area contributed by atoms with Crippen LogP contribution in [0.25, 0.3) is 0 Å². The van der Waals surface area contributed by atoms with Gasteiger partial charge in [-0.25, -0.2) is 4.79 Å². The molecule has 7 heteroatoms. The molecule has 2 N–H and O–H groups in total. The molecular formula is C12H16BrN3O2S. The molecular weight excluding hydrogens is 330 g/mol. The lowest BCUT2D eigenvalue weighted by Gasteiger charge is -2.30. The summed E-state index contributed by atoms with van der Waals surface area (Å²) in [7, 11) is 1.79. The molecule has 0 saturated carbocycles. The fourth-order valence-corrected chi connectivity index (χ4v) is 3.91. The third kappa shape index (κ3) is 3.27. The number of rotatable bonds is 3. The first-order chi connectivity index (χ1) is 9.13. The molecule has 1 aliphatic rings. The second-order valence-electron chi connectivity index (χ2n) is 4.36. The van der Waals surface area contributed by atoms with Crippen LogP contribution >= 0.6 is 27.3 Å². The Balaban J connectivity index is 2.13. The summed E-state index contributed by atoms with van der Waals surface area (Å²) in [5.41, 5.74) is 3.88. The quantitative estimate of drug-likeness (QED) is 0.653. The van der Waals surface area contributed by atoms with Gasteiger partial charge < -0.3 is 15.4 Å². The van der Waals surface area contributed by atoms with E-state index in [1.807, 2.05) is 11.4 Å². The Labute approximate surface area is 124 Å². The molecule has 2 rings (SSSR count). The fourth-order valence-electron chi connectivity index (χ4n) is 2.27. The Hall–Kier alpha value is -1.08. The average molecular weight is 346 g/mol. The molecule has 104 valence electrons. The molecule has 1 aromatic rings. The van der Waals surface area contributed by atoms with Crippen LogP contribution < -0.4 is 5.43 Å². The number of carboxylic acid groups (broad SMARTS) is 1. The third-order valence-corrected chi connectivity index (χ3v) is 5.09. The summed E-state index contributed by atoms with van der Waals surface area (Å²) in [5.74, 6) is 0.304. The van der Waals surface area contributed by atoms with Crippen molar-refractivity contribution in [3.8, 4) is 0 Å². The maximum atomic E-state index is 10.9. The third-order valence-electron chi connectivity index (χ3n) is 3.23. The van der Waals surface area contributed by atoms with Gasteiger partial charge in [-0.2, -0.15) is 5.10 Å². The van der Waals surface area contributed by atoms with Gasteiger partial charge in [0, 0.05) is 30.5 Å². The highest BCUT2D eigenvalue weighted by atomic mass is 79.9. The van der Waals surface area contributed by atoms with Gasteiger partial charge in [-0.15, -0.1) is 11.3 Å². The van der Waals surface area contributed by atoms with Crippen LogP contribution in [0.3, 0.4) is 0 Å². The average Bonchev–Trinajstić information content (AvgIpc) is 2.82. The summed E-state index contributed by atoms with van der Waals surface area (Å²) < 4.78 is 1.05. The molecule has 1 aliphatic heterocycles. The minimum atomic E-state index is -0.831. The standard InChI is InChI=1S/C12H16BrN3O2S/c1-14-15-10(11-9(13)4-7-19-11)8-2-5-16(6-3-8)12(17)18/h4,7-8,14H,2-3,5-6H2,1H3,(H,17,18). The Morgan fingerprint density at radius 2 is 2.26 bits per heavy atom. The van der Waals surface area contributed by atoms with Crippen LogP contribution in [-0.2, 0) is 0 Å². The van der Waals surface area contributed by atoms with Crippen molar-refractivity contribution in [3.05, 3.63) is 20.8 Å².